The van der Waals surface area contributed by atoms with Crippen LogP contribution in [0.4, 0.5) is 0 Å². The lowest BCUT2D eigenvalue weighted by atomic mass is 10.3. The summed E-state index contributed by atoms with van der Waals surface area (Å²) in [5, 5.41) is 0. The van der Waals surface area contributed by atoms with E-state index < -0.39 is 5.97 Å². The Morgan fingerprint density at radius 2 is 2.19 bits per heavy atom. The first-order chi connectivity index (χ1) is 7.74. The molecule has 0 aliphatic rings. The maximum absolute atomic E-state index is 11.0. The number of unbranched alkanes of at least 4 members (excludes halogenated alkanes) is 1. The van der Waals surface area contributed by atoms with Gasteiger partial charge in [0.2, 0.25) is 6.41 Å². The van der Waals surface area contributed by atoms with Gasteiger partial charge in [-0.3, -0.25) is 14.4 Å². The summed E-state index contributed by atoms with van der Waals surface area (Å²) in [6.07, 6.45) is 4.03. The fraction of sp³-hybridized carbons (Fsp3) is 0.636. The van der Waals surface area contributed by atoms with Crippen LogP contribution in [0, 0.1) is 6.92 Å². The second-order valence-corrected chi connectivity index (χ2v) is 3.21. The third-order valence-electron chi connectivity index (χ3n) is 1.92. The summed E-state index contributed by atoms with van der Waals surface area (Å²) in [6, 6.07) is 0. The van der Waals surface area contributed by atoms with Gasteiger partial charge in [0.1, 0.15) is 6.61 Å². The summed E-state index contributed by atoms with van der Waals surface area (Å²) in [5.74, 6) is -0.439. The molecule has 0 fully saturated rings. The van der Waals surface area contributed by atoms with Crippen LogP contribution in [0.2, 0.25) is 0 Å². The molecule has 0 spiro atoms. The number of nitrogens with zero attached hydrogens (tertiary/aromatic N) is 1. The zero-order valence-electron chi connectivity index (χ0n) is 9.31. The van der Waals surface area contributed by atoms with Gasteiger partial charge < -0.3 is 9.64 Å². The fourth-order valence-electron chi connectivity index (χ4n) is 1.03. The number of amides is 1. The fourth-order valence-corrected chi connectivity index (χ4v) is 1.03. The Balaban J connectivity index is 3.56. The van der Waals surface area contributed by atoms with Crippen molar-refractivity contribution in [3.05, 3.63) is 6.92 Å². The van der Waals surface area contributed by atoms with Crippen LogP contribution in [-0.4, -0.2) is 43.3 Å². The second-order valence-electron chi connectivity index (χ2n) is 3.21. The van der Waals surface area contributed by atoms with Gasteiger partial charge in [-0.2, -0.15) is 0 Å². The van der Waals surface area contributed by atoms with E-state index in [2.05, 4.69) is 6.92 Å². The third kappa shape index (κ3) is 7.96. The highest BCUT2D eigenvalue weighted by Crippen LogP contribution is 1.94. The molecule has 0 unspecified atom stereocenters. The number of hydrogen-bond acceptors (Lipinski definition) is 4. The first-order valence-corrected chi connectivity index (χ1v) is 5.23. The zero-order valence-corrected chi connectivity index (χ0v) is 9.31. The Morgan fingerprint density at radius 3 is 2.75 bits per heavy atom. The van der Waals surface area contributed by atoms with Crippen molar-refractivity contribution in [3.8, 4) is 0 Å². The number of ether oxygens (including phenoxy) is 1. The van der Waals surface area contributed by atoms with Crippen molar-refractivity contribution in [1.82, 2.24) is 4.90 Å². The summed E-state index contributed by atoms with van der Waals surface area (Å²) < 4.78 is 4.82. The zero-order chi connectivity index (χ0) is 12.2. The molecule has 2 radical (unpaired) electrons. The highest BCUT2D eigenvalue weighted by atomic mass is 16.5. The molecule has 16 heavy (non-hydrogen) atoms. The van der Waals surface area contributed by atoms with E-state index in [1.165, 1.54) is 4.90 Å². The van der Waals surface area contributed by atoms with Crippen molar-refractivity contribution in [2.45, 2.75) is 25.7 Å². The SMILES string of the molecule is [CH2]CCCN(C=O)CCOC(=O)CC[C]=O. The van der Waals surface area contributed by atoms with Crippen LogP contribution in [0.5, 0.6) is 0 Å². The monoisotopic (exact) mass is 227 g/mol. The van der Waals surface area contributed by atoms with Gasteiger partial charge in [-0.25, -0.2) is 0 Å². The molecule has 0 aliphatic heterocycles. The lowest BCUT2D eigenvalue weighted by Gasteiger charge is -2.16. The molecule has 0 rings (SSSR count). The summed E-state index contributed by atoms with van der Waals surface area (Å²) in [7, 11) is 0. The van der Waals surface area contributed by atoms with Gasteiger partial charge >= 0.3 is 5.97 Å². The average Bonchev–Trinajstić information content (AvgIpc) is 2.30. The second kappa shape index (κ2) is 10.1. The average molecular weight is 227 g/mol. The quantitative estimate of drug-likeness (QED) is 0.402. The van der Waals surface area contributed by atoms with E-state index >= 15 is 0 Å². The topological polar surface area (TPSA) is 63.7 Å². The summed E-state index contributed by atoms with van der Waals surface area (Å²) in [4.78, 5) is 32.9. The van der Waals surface area contributed by atoms with Crippen molar-refractivity contribution in [1.29, 1.82) is 0 Å². The van der Waals surface area contributed by atoms with Crippen LogP contribution >= 0.6 is 0 Å². The Labute approximate surface area is 95.7 Å². The summed E-state index contributed by atoms with van der Waals surface area (Å²) in [5.41, 5.74) is 0. The standard InChI is InChI=1S/C11H17NO4/c1-2-3-6-12(10-14)7-9-16-11(15)5-4-8-13/h10H,1-7,9H2. The molecule has 90 valence electrons. The van der Waals surface area contributed by atoms with E-state index in [4.69, 9.17) is 4.74 Å². The Morgan fingerprint density at radius 1 is 1.44 bits per heavy atom. The van der Waals surface area contributed by atoms with Gasteiger partial charge in [0.05, 0.1) is 13.0 Å². The maximum Gasteiger partial charge on any atom is 0.306 e. The Kier molecular flexibility index (Phi) is 9.26. The molecular formula is C11H17NO4. The Bertz CT molecular complexity index is 218. The number of hydrogen-bond donors (Lipinski definition) is 0. The van der Waals surface area contributed by atoms with E-state index in [0.717, 1.165) is 19.3 Å². The maximum atomic E-state index is 11.0. The van der Waals surface area contributed by atoms with E-state index in [9.17, 15) is 14.4 Å². The first kappa shape index (κ1) is 14.6. The molecular weight excluding hydrogens is 210 g/mol. The van der Waals surface area contributed by atoms with Crippen molar-refractivity contribution in [3.63, 3.8) is 0 Å². The summed E-state index contributed by atoms with van der Waals surface area (Å²) in [6.45, 7) is 4.82. The van der Waals surface area contributed by atoms with Crippen LogP contribution in [0.3, 0.4) is 0 Å². The van der Waals surface area contributed by atoms with Crippen LogP contribution in [-0.2, 0) is 19.1 Å². The molecule has 0 saturated heterocycles. The van der Waals surface area contributed by atoms with E-state index in [-0.39, 0.29) is 19.4 Å². The number of carbonyl (C=O) groups is 2. The van der Waals surface area contributed by atoms with Crippen LogP contribution in [0.15, 0.2) is 0 Å². The minimum absolute atomic E-state index is 0.0451. The smallest absolute Gasteiger partial charge is 0.306 e. The van der Waals surface area contributed by atoms with Gasteiger partial charge in [-0.1, -0.05) is 13.3 Å². The lowest BCUT2D eigenvalue weighted by molar-refractivity contribution is -0.144. The molecule has 0 aliphatic carbocycles. The molecule has 0 aromatic heterocycles. The van der Waals surface area contributed by atoms with Crippen molar-refractivity contribution in [2.75, 3.05) is 19.7 Å². The molecule has 0 aromatic rings. The largest absolute Gasteiger partial charge is 0.464 e. The number of carbonyl (C=O) groups excluding carboxylic acids is 3. The highest BCUT2D eigenvalue weighted by molar-refractivity contribution is 5.72. The predicted molar refractivity (Wildman–Crippen MR) is 58.1 cm³/mol. The molecule has 1 amide bonds. The lowest BCUT2D eigenvalue weighted by Crippen LogP contribution is -2.28. The molecule has 0 N–H and O–H groups in total. The van der Waals surface area contributed by atoms with Gasteiger partial charge in [0.15, 0.2) is 6.29 Å². The van der Waals surface area contributed by atoms with Crippen LogP contribution in [0.1, 0.15) is 25.7 Å². The minimum atomic E-state index is -0.439. The highest BCUT2D eigenvalue weighted by Gasteiger charge is 2.04. The Hall–Kier alpha value is -1.39. The molecule has 5 nitrogen and oxygen atoms in total. The molecule has 5 heteroatoms. The molecule has 0 aromatic carbocycles. The van der Waals surface area contributed by atoms with Crippen LogP contribution < -0.4 is 0 Å². The van der Waals surface area contributed by atoms with E-state index in [0.29, 0.717) is 13.1 Å². The first-order valence-electron chi connectivity index (χ1n) is 5.23. The molecule has 0 saturated carbocycles. The van der Waals surface area contributed by atoms with Crippen molar-refractivity contribution >= 4 is 18.7 Å². The van der Waals surface area contributed by atoms with Crippen molar-refractivity contribution in [2.24, 2.45) is 0 Å². The number of esters is 1. The minimum Gasteiger partial charge on any atom is -0.464 e. The van der Waals surface area contributed by atoms with Crippen LogP contribution in [0.25, 0.3) is 0 Å². The third-order valence-corrected chi connectivity index (χ3v) is 1.92. The van der Waals surface area contributed by atoms with Gasteiger partial charge in [-0.05, 0) is 6.42 Å². The van der Waals surface area contributed by atoms with Crippen molar-refractivity contribution < 1.29 is 19.1 Å². The summed E-state index contributed by atoms with van der Waals surface area (Å²) >= 11 is 0. The predicted octanol–water partition coefficient (Wildman–Crippen LogP) is 0.492. The molecule has 0 atom stereocenters. The van der Waals surface area contributed by atoms with Gasteiger partial charge in [0, 0.05) is 13.0 Å². The number of rotatable bonds is 10. The van der Waals surface area contributed by atoms with E-state index in [1.54, 1.807) is 6.29 Å². The molecule has 0 bridgehead atoms. The molecule has 0 heterocycles. The van der Waals surface area contributed by atoms with Gasteiger partial charge in [-0.15, -0.1) is 0 Å². The van der Waals surface area contributed by atoms with Gasteiger partial charge in [0.25, 0.3) is 0 Å². The normalized spacial score (nSPS) is 9.56. The van der Waals surface area contributed by atoms with E-state index in [1.807, 2.05) is 0 Å².